The number of rotatable bonds is 8. The number of guanidine groups is 1. The van der Waals surface area contributed by atoms with Crippen LogP contribution in [-0.4, -0.2) is 64.7 Å². The lowest BCUT2D eigenvalue weighted by Gasteiger charge is -2.24. The van der Waals surface area contributed by atoms with Crippen LogP contribution in [0.1, 0.15) is 18.0 Å². The van der Waals surface area contributed by atoms with Crippen molar-refractivity contribution in [2.45, 2.75) is 19.0 Å². The minimum atomic E-state index is 0. The number of hydrogen-bond donors (Lipinski definition) is 2. The van der Waals surface area contributed by atoms with Gasteiger partial charge in [-0.3, -0.25) is 14.4 Å². The maximum atomic E-state index is 4.29. The van der Waals surface area contributed by atoms with Gasteiger partial charge in [0.15, 0.2) is 5.96 Å². The molecule has 8 nitrogen and oxygen atoms in total. The number of hydrogen-bond acceptors (Lipinski definition) is 4. The van der Waals surface area contributed by atoms with Crippen molar-refractivity contribution in [3.05, 3.63) is 36.4 Å². The molecule has 0 radical (unpaired) electrons. The third-order valence-electron chi connectivity index (χ3n) is 3.84. The van der Waals surface area contributed by atoms with Crippen LogP contribution in [0, 0.1) is 0 Å². The van der Waals surface area contributed by atoms with Crippen LogP contribution in [0.15, 0.2) is 35.8 Å². The monoisotopic (exact) mass is 460 g/mol. The average molecular weight is 460 g/mol. The fourth-order valence-corrected chi connectivity index (χ4v) is 2.51. The third kappa shape index (κ3) is 7.02. The topological polar surface area (TPSA) is 75.3 Å². The zero-order chi connectivity index (χ0) is 17.4. The number of aromatic nitrogens is 4. The molecule has 2 rings (SSSR count). The summed E-state index contributed by atoms with van der Waals surface area (Å²) >= 11 is 0. The molecule has 1 atom stereocenters. The van der Waals surface area contributed by atoms with Crippen molar-refractivity contribution in [2.75, 3.05) is 34.2 Å². The van der Waals surface area contributed by atoms with Gasteiger partial charge in [0, 0.05) is 57.9 Å². The number of likely N-dealkylation sites (N-methyl/N-ethyl adjacent to an activating group) is 1. The van der Waals surface area contributed by atoms with E-state index in [1.807, 2.05) is 41.1 Å². The van der Waals surface area contributed by atoms with Crippen LogP contribution < -0.4 is 10.6 Å². The summed E-state index contributed by atoms with van der Waals surface area (Å²) in [6.45, 7) is 2.50. The van der Waals surface area contributed by atoms with E-state index in [2.05, 4.69) is 44.8 Å². The number of nitrogens with one attached hydrogen (secondary N) is 2. The van der Waals surface area contributed by atoms with Crippen molar-refractivity contribution in [2.24, 2.45) is 12.0 Å². The highest BCUT2D eigenvalue weighted by atomic mass is 127. The van der Waals surface area contributed by atoms with Crippen LogP contribution in [0.5, 0.6) is 0 Å². The van der Waals surface area contributed by atoms with Gasteiger partial charge >= 0.3 is 0 Å². The molecule has 0 aliphatic carbocycles. The van der Waals surface area contributed by atoms with Crippen LogP contribution in [0.2, 0.25) is 0 Å². The summed E-state index contributed by atoms with van der Waals surface area (Å²) in [5.41, 5.74) is 1.18. The molecule has 0 aromatic carbocycles. The van der Waals surface area contributed by atoms with E-state index < -0.39 is 0 Å². The second kappa shape index (κ2) is 11.1. The van der Waals surface area contributed by atoms with Gasteiger partial charge in [0.25, 0.3) is 0 Å². The van der Waals surface area contributed by atoms with E-state index in [1.54, 1.807) is 13.2 Å². The number of nitrogens with zero attached hydrogens (tertiary/aromatic N) is 6. The fraction of sp³-hybridized carbons (Fsp3) is 0.562. The average Bonchev–Trinajstić information content (AvgIpc) is 3.21. The van der Waals surface area contributed by atoms with E-state index >= 15 is 0 Å². The molecule has 9 heteroatoms. The largest absolute Gasteiger partial charge is 0.356 e. The normalized spacial score (nSPS) is 12.8. The Morgan fingerprint density at radius 2 is 2.12 bits per heavy atom. The van der Waals surface area contributed by atoms with Gasteiger partial charge in [-0.15, -0.1) is 24.0 Å². The van der Waals surface area contributed by atoms with E-state index in [0.717, 1.165) is 32.0 Å². The van der Waals surface area contributed by atoms with Gasteiger partial charge in [-0.1, -0.05) is 0 Å². The quantitative estimate of drug-likeness (QED) is 0.267. The fourth-order valence-electron chi connectivity index (χ4n) is 2.51. The molecule has 2 N–H and O–H groups in total. The predicted molar refractivity (Wildman–Crippen MR) is 111 cm³/mol. The second-order valence-corrected chi connectivity index (χ2v) is 5.93. The van der Waals surface area contributed by atoms with Gasteiger partial charge in [0.2, 0.25) is 0 Å². The van der Waals surface area contributed by atoms with Crippen LogP contribution in [0.3, 0.4) is 0 Å². The first-order valence-corrected chi connectivity index (χ1v) is 8.17. The Morgan fingerprint density at radius 1 is 1.32 bits per heavy atom. The standard InChI is InChI=1S/C16H28N8.HI/c1-17-16(18-7-5-9-24-10-6-8-20-24)19-12-15(22(2)3)14-11-21-23(4)13-14;/h6,8,10-11,13,15H,5,7,9,12H2,1-4H3,(H2,17,18,19);1H. The maximum Gasteiger partial charge on any atom is 0.191 e. The molecule has 0 saturated carbocycles. The Balaban J connectivity index is 0.00000312. The summed E-state index contributed by atoms with van der Waals surface area (Å²) in [6.07, 6.45) is 8.72. The Hall–Kier alpha value is -1.62. The first kappa shape index (κ1) is 21.4. The number of aryl methyl sites for hydroxylation is 2. The third-order valence-corrected chi connectivity index (χ3v) is 3.84. The summed E-state index contributed by atoms with van der Waals surface area (Å²) in [5.74, 6) is 0.811. The summed E-state index contributed by atoms with van der Waals surface area (Å²) in [4.78, 5) is 6.46. The van der Waals surface area contributed by atoms with Gasteiger partial charge in [0.05, 0.1) is 12.2 Å². The van der Waals surface area contributed by atoms with Crippen molar-refractivity contribution < 1.29 is 0 Å². The first-order valence-electron chi connectivity index (χ1n) is 8.17. The molecule has 2 aromatic rings. The molecule has 0 bridgehead atoms. The molecule has 0 amide bonds. The molecule has 0 spiro atoms. The maximum absolute atomic E-state index is 4.29. The Labute approximate surface area is 166 Å². The Morgan fingerprint density at radius 3 is 2.68 bits per heavy atom. The lowest BCUT2D eigenvalue weighted by Crippen LogP contribution is -2.42. The summed E-state index contributed by atoms with van der Waals surface area (Å²) in [5, 5.41) is 15.2. The van der Waals surface area contributed by atoms with E-state index in [4.69, 9.17) is 0 Å². The molecule has 2 heterocycles. The summed E-state index contributed by atoms with van der Waals surface area (Å²) in [6, 6.07) is 2.18. The smallest absolute Gasteiger partial charge is 0.191 e. The highest BCUT2D eigenvalue weighted by Crippen LogP contribution is 2.15. The lowest BCUT2D eigenvalue weighted by atomic mass is 10.1. The van der Waals surface area contributed by atoms with Crippen molar-refractivity contribution in [3.8, 4) is 0 Å². The van der Waals surface area contributed by atoms with Crippen molar-refractivity contribution >= 4 is 29.9 Å². The molecular formula is C16H29IN8. The zero-order valence-electron chi connectivity index (χ0n) is 15.4. The van der Waals surface area contributed by atoms with Gasteiger partial charge in [-0.05, 0) is 26.6 Å². The molecule has 0 saturated heterocycles. The molecule has 0 aliphatic rings. The van der Waals surface area contributed by atoms with Crippen molar-refractivity contribution in [1.82, 2.24) is 35.1 Å². The van der Waals surface area contributed by atoms with Gasteiger partial charge in [0.1, 0.15) is 0 Å². The van der Waals surface area contributed by atoms with Gasteiger partial charge in [-0.2, -0.15) is 10.2 Å². The highest BCUT2D eigenvalue weighted by Gasteiger charge is 2.16. The van der Waals surface area contributed by atoms with Crippen LogP contribution in [-0.2, 0) is 13.6 Å². The molecule has 140 valence electrons. The number of halogens is 1. The van der Waals surface area contributed by atoms with E-state index in [0.29, 0.717) is 0 Å². The molecular weight excluding hydrogens is 431 g/mol. The highest BCUT2D eigenvalue weighted by molar-refractivity contribution is 14.0. The van der Waals surface area contributed by atoms with Crippen molar-refractivity contribution in [1.29, 1.82) is 0 Å². The Kier molecular flexibility index (Phi) is 9.50. The Bertz CT molecular complexity index is 620. The van der Waals surface area contributed by atoms with Crippen LogP contribution in [0.25, 0.3) is 0 Å². The van der Waals surface area contributed by atoms with E-state index in [1.165, 1.54) is 5.56 Å². The SMILES string of the molecule is CN=C(NCCCn1cccn1)NCC(c1cnn(C)c1)N(C)C.I. The van der Waals surface area contributed by atoms with Gasteiger partial charge < -0.3 is 15.5 Å². The zero-order valence-corrected chi connectivity index (χ0v) is 17.7. The minimum absolute atomic E-state index is 0. The molecule has 0 aliphatic heterocycles. The van der Waals surface area contributed by atoms with Gasteiger partial charge in [-0.25, -0.2) is 0 Å². The predicted octanol–water partition coefficient (Wildman–Crippen LogP) is 1.09. The summed E-state index contributed by atoms with van der Waals surface area (Å²) < 4.78 is 3.76. The van der Waals surface area contributed by atoms with E-state index in [9.17, 15) is 0 Å². The molecule has 1 unspecified atom stereocenters. The second-order valence-electron chi connectivity index (χ2n) is 5.93. The minimum Gasteiger partial charge on any atom is -0.356 e. The van der Waals surface area contributed by atoms with Crippen LogP contribution >= 0.6 is 24.0 Å². The first-order chi connectivity index (χ1) is 11.6. The van der Waals surface area contributed by atoms with E-state index in [-0.39, 0.29) is 30.0 Å². The summed E-state index contributed by atoms with van der Waals surface area (Å²) in [7, 11) is 7.86. The lowest BCUT2D eigenvalue weighted by molar-refractivity contribution is 0.298. The van der Waals surface area contributed by atoms with Crippen molar-refractivity contribution in [3.63, 3.8) is 0 Å². The molecule has 2 aromatic heterocycles. The van der Waals surface area contributed by atoms with Crippen LogP contribution in [0.4, 0.5) is 0 Å². The number of aliphatic imine (C=N–C) groups is 1. The molecule has 0 fully saturated rings. The molecule has 25 heavy (non-hydrogen) atoms.